The molecule has 9 nitrogen and oxygen atoms in total. The van der Waals surface area contributed by atoms with Crippen molar-refractivity contribution in [2.75, 3.05) is 13.1 Å². The van der Waals surface area contributed by atoms with E-state index in [-0.39, 0.29) is 6.54 Å². The molecular weight excluding hydrogens is 350 g/mol. The molecule has 138 valence electrons. The number of nitro groups is 1. The predicted molar refractivity (Wildman–Crippen MR) is 88.9 cm³/mol. The van der Waals surface area contributed by atoms with Gasteiger partial charge in [0, 0.05) is 25.4 Å². The monoisotopic (exact) mass is 371 g/mol. The molecule has 0 saturated carbocycles. The predicted octanol–water partition coefficient (Wildman–Crippen LogP) is 2.16. The van der Waals surface area contributed by atoms with Crippen LogP contribution in [-0.2, 0) is 14.6 Å². The van der Waals surface area contributed by atoms with Crippen LogP contribution < -0.4 is 0 Å². The molecule has 1 aliphatic heterocycles. The number of rotatable bonds is 3. The van der Waals surface area contributed by atoms with Gasteiger partial charge in [-0.1, -0.05) is 0 Å². The van der Waals surface area contributed by atoms with Gasteiger partial charge in [-0.05, 0) is 39.7 Å². The van der Waals surface area contributed by atoms with Gasteiger partial charge in [0.2, 0.25) is 14.9 Å². The van der Waals surface area contributed by atoms with E-state index in [0.29, 0.717) is 19.4 Å². The summed E-state index contributed by atoms with van der Waals surface area (Å²) in [7, 11) is -4.05. The van der Waals surface area contributed by atoms with E-state index in [2.05, 4.69) is 4.98 Å². The van der Waals surface area contributed by atoms with E-state index in [1.165, 1.54) is 17.2 Å². The molecule has 0 radical (unpaired) electrons. The summed E-state index contributed by atoms with van der Waals surface area (Å²) in [5.74, 6) is 0. The smallest absolute Gasteiger partial charge is 0.410 e. The van der Waals surface area contributed by atoms with Gasteiger partial charge in [-0.2, -0.15) is 0 Å². The number of carbonyl (C=O) groups is 1. The molecule has 25 heavy (non-hydrogen) atoms. The van der Waals surface area contributed by atoms with Crippen LogP contribution in [0.4, 0.5) is 10.5 Å². The number of sulfone groups is 1. The topological polar surface area (TPSA) is 120 Å². The Morgan fingerprint density at radius 1 is 1.44 bits per heavy atom. The first-order valence-electron chi connectivity index (χ1n) is 7.83. The quantitative estimate of drug-likeness (QED) is 0.590. The summed E-state index contributed by atoms with van der Waals surface area (Å²) in [6.45, 7) is 5.47. The minimum absolute atomic E-state index is 0.0784. The van der Waals surface area contributed by atoms with Crippen molar-refractivity contribution in [2.24, 2.45) is 0 Å². The number of aromatic nitrogens is 1. The Labute approximate surface area is 146 Å². The van der Waals surface area contributed by atoms with Gasteiger partial charge in [-0.25, -0.2) is 18.2 Å². The molecular formula is C15H21N3O6S. The molecule has 1 saturated heterocycles. The lowest BCUT2D eigenvalue weighted by Gasteiger charge is -2.33. The second kappa shape index (κ2) is 6.95. The minimum atomic E-state index is -4.05. The third-order valence-electron chi connectivity index (χ3n) is 3.69. The lowest BCUT2D eigenvalue weighted by molar-refractivity contribution is -0.388. The summed E-state index contributed by atoms with van der Waals surface area (Å²) < 4.78 is 30.9. The molecule has 2 rings (SSSR count). The zero-order chi connectivity index (χ0) is 18.8. The summed E-state index contributed by atoms with van der Waals surface area (Å²) in [6, 6.07) is 2.42. The van der Waals surface area contributed by atoms with Crippen LogP contribution in [0.25, 0.3) is 0 Å². The van der Waals surface area contributed by atoms with Gasteiger partial charge in [0.25, 0.3) is 0 Å². The van der Waals surface area contributed by atoms with Crippen LogP contribution in [0.3, 0.4) is 0 Å². The third kappa shape index (κ3) is 4.44. The van der Waals surface area contributed by atoms with E-state index in [0.717, 1.165) is 6.07 Å². The molecule has 1 atom stereocenters. The number of likely N-dealkylation sites (tertiary alicyclic amines) is 1. The van der Waals surface area contributed by atoms with E-state index < -0.39 is 42.4 Å². The fourth-order valence-electron chi connectivity index (χ4n) is 2.58. The SMILES string of the molecule is CC(C)(C)OC(=O)N1CCC[C@H](S(=O)(=O)c2ncccc2[N+](=O)[O-])C1. The first-order valence-corrected chi connectivity index (χ1v) is 9.38. The molecule has 0 aliphatic carbocycles. The maximum Gasteiger partial charge on any atom is 0.410 e. The number of hydrogen-bond donors (Lipinski definition) is 0. The van der Waals surface area contributed by atoms with Gasteiger partial charge in [0.1, 0.15) is 5.60 Å². The van der Waals surface area contributed by atoms with Gasteiger partial charge in [0.15, 0.2) is 0 Å². The van der Waals surface area contributed by atoms with Crippen molar-refractivity contribution in [3.63, 3.8) is 0 Å². The molecule has 10 heteroatoms. The van der Waals surface area contributed by atoms with Gasteiger partial charge < -0.3 is 9.64 Å². The van der Waals surface area contributed by atoms with Crippen LogP contribution in [0.15, 0.2) is 23.4 Å². The molecule has 0 spiro atoms. The number of pyridine rings is 1. The molecule has 1 aromatic rings. The maximum absolute atomic E-state index is 12.8. The average molecular weight is 371 g/mol. The molecule has 1 fully saturated rings. The van der Waals surface area contributed by atoms with Crippen LogP contribution in [0.2, 0.25) is 0 Å². The molecule has 2 heterocycles. The lowest BCUT2D eigenvalue weighted by Crippen LogP contribution is -2.47. The first kappa shape index (κ1) is 19.1. The van der Waals surface area contributed by atoms with Crippen LogP contribution in [0.5, 0.6) is 0 Å². The molecule has 0 N–H and O–H groups in total. The molecule has 1 aliphatic rings. The highest BCUT2D eigenvalue weighted by molar-refractivity contribution is 7.92. The number of ether oxygens (including phenoxy) is 1. The van der Waals surface area contributed by atoms with E-state index in [4.69, 9.17) is 4.74 Å². The van der Waals surface area contributed by atoms with Crippen LogP contribution in [0, 0.1) is 10.1 Å². The highest BCUT2D eigenvalue weighted by atomic mass is 32.2. The number of carbonyl (C=O) groups excluding carboxylic acids is 1. The minimum Gasteiger partial charge on any atom is -0.444 e. The number of amides is 1. The Kier molecular flexibility index (Phi) is 5.31. The van der Waals surface area contributed by atoms with Gasteiger partial charge >= 0.3 is 11.8 Å². The largest absolute Gasteiger partial charge is 0.444 e. The molecule has 1 aromatic heterocycles. The number of hydrogen-bond acceptors (Lipinski definition) is 7. The normalized spacial score (nSPS) is 18.7. The van der Waals surface area contributed by atoms with E-state index in [1.54, 1.807) is 20.8 Å². The molecule has 0 bridgehead atoms. The van der Waals surface area contributed by atoms with Crippen molar-refractivity contribution in [2.45, 2.75) is 49.5 Å². The van der Waals surface area contributed by atoms with Crippen molar-refractivity contribution in [3.05, 3.63) is 28.4 Å². The highest BCUT2D eigenvalue weighted by Crippen LogP contribution is 2.29. The molecule has 0 unspecified atom stereocenters. The standard InChI is InChI=1S/C15H21N3O6S/c1-15(2,3)24-14(19)17-9-5-6-11(10-17)25(22,23)13-12(18(20)21)7-4-8-16-13/h4,7-8,11H,5-6,9-10H2,1-3H3/t11-/m0/s1. The Morgan fingerprint density at radius 3 is 2.72 bits per heavy atom. The molecule has 0 aromatic carbocycles. The lowest BCUT2D eigenvalue weighted by atomic mass is 10.1. The first-order chi connectivity index (χ1) is 11.5. The van der Waals surface area contributed by atoms with Crippen molar-refractivity contribution < 1.29 is 22.9 Å². The Morgan fingerprint density at radius 2 is 2.12 bits per heavy atom. The summed E-state index contributed by atoms with van der Waals surface area (Å²) in [5, 5.41) is 9.58. The zero-order valence-electron chi connectivity index (χ0n) is 14.3. The maximum atomic E-state index is 12.8. The summed E-state index contributed by atoms with van der Waals surface area (Å²) in [5.41, 5.74) is -1.25. The van der Waals surface area contributed by atoms with Gasteiger partial charge in [-0.15, -0.1) is 0 Å². The Hall–Kier alpha value is -2.23. The second-order valence-electron chi connectivity index (χ2n) is 6.82. The van der Waals surface area contributed by atoms with Crippen LogP contribution in [-0.4, -0.2) is 53.3 Å². The third-order valence-corrected chi connectivity index (χ3v) is 5.80. The fourth-order valence-corrected chi connectivity index (χ4v) is 4.39. The highest BCUT2D eigenvalue weighted by Gasteiger charge is 2.39. The summed E-state index contributed by atoms with van der Waals surface area (Å²) >= 11 is 0. The zero-order valence-corrected chi connectivity index (χ0v) is 15.2. The fraction of sp³-hybridized carbons (Fsp3) is 0.600. The van der Waals surface area contributed by atoms with E-state index in [1.807, 2.05) is 0 Å². The van der Waals surface area contributed by atoms with Crippen molar-refractivity contribution in [3.8, 4) is 0 Å². The second-order valence-corrected chi connectivity index (χ2v) is 8.96. The Bertz CT molecular complexity index is 772. The van der Waals surface area contributed by atoms with E-state index >= 15 is 0 Å². The Balaban J connectivity index is 2.26. The summed E-state index contributed by atoms with van der Waals surface area (Å²) in [6.07, 6.45) is 1.37. The van der Waals surface area contributed by atoms with Crippen molar-refractivity contribution >= 4 is 21.6 Å². The average Bonchev–Trinajstić information content (AvgIpc) is 2.53. The van der Waals surface area contributed by atoms with E-state index in [9.17, 15) is 23.3 Å². The van der Waals surface area contributed by atoms with Gasteiger partial charge in [-0.3, -0.25) is 10.1 Å². The molecule has 1 amide bonds. The summed E-state index contributed by atoms with van der Waals surface area (Å²) in [4.78, 5) is 27.5. The number of piperidine rings is 1. The van der Waals surface area contributed by atoms with Crippen LogP contribution in [0.1, 0.15) is 33.6 Å². The van der Waals surface area contributed by atoms with Crippen molar-refractivity contribution in [1.82, 2.24) is 9.88 Å². The number of nitrogens with zero attached hydrogens (tertiary/aromatic N) is 3. The van der Waals surface area contributed by atoms with Gasteiger partial charge in [0.05, 0.1) is 10.2 Å². The van der Waals surface area contributed by atoms with Crippen molar-refractivity contribution in [1.29, 1.82) is 0 Å². The van der Waals surface area contributed by atoms with Crippen LogP contribution >= 0.6 is 0 Å².